The topological polar surface area (TPSA) is 58.4 Å². The fourth-order valence-electron chi connectivity index (χ4n) is 1.65. The van der Waals surface area contributed by atoms with Crippen molar-refractivity contribution in [2.45, 2.75) is 32.4 Å². The van der Waals surface area contributed by atoms with E-state index in [1.54, 1.807) is 0 Å². The monoisotopic (exact) mass is 199 g/mol. The fourth-order valence-corrected chi connectivity index (χ4v) is 1.65. The average Bonchev–Trinajstić information content (AvgIpc) is 2.49. The lowest BCUT2D eigenvalue weighted by Crippen LogP contribution is -2.48. The molecular weight excluding hydrogens is 178 g/mol. The number of carbonyl (C=O) groups excluding carboxylic acids is 1. The lowest BCUT2D eigenvalue weighted by molar-refractivity contribution is -0.123. The second-order valence-electron chi connectivity index (χ2n) is 4.53. The highest BCUT2D eigenvalue weighted by Crippen LogP contribution is 2.07. The van der Waals surface area contributed by atoms with E-state index in [9.17, 15) is 4.79 Å². The number of likely N-dealkylation sites (tertiary alicyclic amines) is 1. The van der Waals surface area contributed by atoms with Crippen molar-refractivity contribution in [3.05, 3.63) is 0 Å². The molecule has 3 N–H and O–H groups in total. The molecule has 1 amide bonds. The summed E-state index contributed by atoms with van der Waals surface area (Å²) in [4.78, 5) is 13.8. The first-order valence-electron chi connectivity index (χ1n) is 5.25. The fraction of sp³-hybridized carbons (Fsp3) is 0.900. The van der Waals surface area contributed by atoms with Gasteiger partial charge in [0.25, 0.3) is 0 Å². The molecule has 0 saturated carbocycles. The van der Waals surface area contributed by atoms with Crippen molar-refractivity contribution >= 4 is 5.91 Å². The standard InChI is InChI=1S/C10H21N3O/c1-7(2)9(11)10(14)12-8-4-5-13(3)6-8/h7-9H,4-6,11H2,1-3H3,(H,12,14)/t8-,9-/m1/s1. The summed E-state index contributed by atoms with van der Waals surface area (Å²) in [6.07, 6.45) is 1.03. The van der Waals surface area contributed by atoms with Crippen LogP contribution in [0.3, 0.4) is 0 Å². The first kappa shape index (κ1) is 11.5. The Kier molecular flexibility index (Phi) is 3.89. The molecule has 0 aliphatic carbocycles. The van der Waals surface area contributed by atoms with Gasteiger partial charge in [-0.1, -0.05) is 13.8 Å². The minimum absolute atomic E-state index is 0.0136. The number of likely N-dealkylation sites (N-methyl/N-ethyl adjacent to an activating group) is 1. The smallest absolute Gasteiger partial charge is 0.237 e. The molecule has 14 heavy (non-hydrogen) atoms. The van der Waals surface area contributed by atoms with Gasteiger partial charge in [0, 0.05) is 12.6 Å². The maximum absolute atomic E-state index is 11.6. The molecule has 1 aliphatic heterocycles. The molecule has 1 saturated heterocycles. The highest BCUT2D eigenvalue weighted by atomic mass is 16.2. The van der Waals surface area contributed by atoms with Crippen LogP contribution in [0.25, 0.3) is 0 Å². The third-order valence-electron chi connectivity index (χ3n) is 2.76. The second kappa shape index (κ2) is 4.75. The molecular formula is C10H21N3O. The van der Waals surface area contributed by atoms with Crippen LogP contribution in [-0.4, -0.2) is 43.0 Å². The number of hydrogen-bond donors (Lipinski definition) is 2. The van der Waals surface area contributed by atoms with Crippen LogP contribution in [0, 0.1) is 5.92 Å². The van der Waals surface area contributed by atoms with E-state index in [0.717, 1.165) is 19.5 Å². The first-order chi connectivity index (χ1) is 6.50. The first-order valence-corrected chi connectivity index (χ1v) is 5.25. The summed E-state index contributed by atoms with van der Waals surface area (Å²) in [5.74, 6) is 0.189. The molecule has 1 rings (SSSR count). The number of nitrogens with one attached hydrogen (secondary N) is 1. The van der Waals surface area contributed by atoms with E-state index >= 15 is 0 Å². The molecule has 0 aromatic heterocycles. The summed E-state index contributed by atoms with van der Waals surface area (Å²) in [6.45, 7) is 5.93. The minimum atomic E-state index is -0.374. The normalized spacial score (nSPS) is 25.4. The molecule has 0 spiro atoms. The van der Waals surface area contributed by atoms with Crippen LogP contribution < -0.4 is 11.1 Å². The molecule has 1 heterocycles. The third-order valence-corrected chi connectivity index (χ3v) is 2.76. The van der Waals surface area contributed by atoms with Crippen molar-refractivity contribution in [3.63, 3.8) is 0 Å². The van der Waals surface area contributed by atoms with E-state index in [1.165, 1.54) is 0 Å². The van der Waals surface area contributed by atoms with Crippen LogP contribution >= 0.6 is 0 Å². The number of nitrogens with two attached hydrogens (primary N) is 1. The molecule has 0 bridgehead atoms. The molecule has 0 radical (unpaired) electrons. The number of nitrogens with zero attached hydrogens (tertiary/aromatic N) is 1. The van der Waals surface area contributed by atoms with Gasteiger partial charge in [-0.15, -0.1) is 0 Å². The van der Waals surface area contributed by atoms with E-state index < -0.39 is 0 Å². The highest BCUT2D eigenvalue weighted by Gasteiger charge is 2.24. The highest BCUT2D eigenvalue weighted by molar-refractivity contribution is 5.82. The van der Waals surface area contributed by atoms with E-state index in [4.69, 9.17) is 5.73 Å². The predicted octanol–water partition coefficient (Wildman–Crippen LogP) is -0.210. The Morgan fingerprint density at radius 3 is 2.64 bits per heavy atom. The van der Waals surface area contributed by atoms with Gasteiger partial charge >= 0.3 is 0 Å². The van der Waals surface area contributed by atoms with Gasteiger partial charge in [-0.3, -0.25) is 4.79 Å². The van der Waals surface area contributed by atoms with Crippen LogP contribution in [0.1, 0.15) is 20.3 Å². The lowest BCUT2D eigenvalue weighted by atomic mass is 10.0. The summed E-state index contributed by atoms with van der Waals surface area (Å²) < 4.78 is 0. The quantitative estimate of drug-likeness (QED) is 0.661. The van der Waals surface area contributed by atoms with Gasteiger partial charge in [0.05, 0.1) is 6.04 Å². The van der Waals surface area contributed by atoms with E-state index in [2.05, 4.69) is 17.3 Å². The predicted molar refractivity (Wildman–Crippen MR) is 56.9 cm³/mol. The Hall–Kier alpha value is -0.610. The Labute approximate surface area is 85.8 Å². The Bertz CT molecular complexity index is 206. The molecule has 0 aromatic carbocycles. The lowest BCUT2D eigenvalue weighted by Gasteiger charge is -2.19. The van der Waals surface area contributed by atoms with E-state index in [-0.39, 0.29) is 23.9 Å². The van der Waals surface area contributed by atoms with Gasteiger partial charge in [0.2, 0.25) is 5.91 Å². The Morgan fingerprint density at radius 1 is 1.57 bits per heavy atom. The molecule has 82 valence electrons. The summed E-state index contributed by atoms with van der Waals surface area (Å²) in [5, 5.41) is 2.98. The van der Waals surface area contributed by atoms with Crippen LogP contribution in [0.4, 0.5) is 0 Å². The van der Waals surface area contributed by atoms with Crippen molar-refractivity contribution in [1.29, 1.82) is 0 Å². The maximum atomic E-state index is 11.6. The van der Waals surface area contributed by atoms with Crippen molar-refractivity contribution < 1.29 is 4.79 Å². The molecule has 0 unspecified atom stereocenters. The van der Waals surface area contributed by atoms with Gasteiger partial charge < -0.3 is 16.0 Å². The van der Waals surface area contributed by atoms with Crippen LogP contribution in [0.15, 0.2) is 0 Å². The summed E-state index contributed by atoms with van der Waals surface area (Å²) in [6, 6.07) is -0.0850. The Balaban J connectivity index is 2.33. The average molecular weight is 199 g/mol. The van der Waals surface area contributed by atoms with Crippen LogP contribution in [-0.2, 0) is 4.79 Å². The van der Waals surface area contributed by atoms with E-state index in [1.807, 2.05) is 13.8 Å². The van der Waals surface area contributed by atoms with Gasteiger partial charge in [0.15, 0.2) is 0 Å². The maximum Gasteiger partial charge on any atom is 0.237 e. The molecule has 0 aromatic rings. The van der Waals surface area contributed by atoms with Crippen LogP contribution in [0.2, 0.25) is 0 Å². The number of amides is 1. The van der Waals surface area contributed by atoms with Gasteiger partial charge in [0.1, 0.15) is 0 Å². The van der Waals surface area contributed by atoms with Gasteiger partial charge in [-0.05, 0) is 25.9 Å². The summed E-state index contributed by atoms with van der Waals surface area (Å²) in [5.41, 5.74) is 5.75. The van der Waals surface area contributed by atoms with Crippen molar-refractivity contribution in [1.82, 2.24) is 10.2 Å². The largest absolute Gasteiger partial charge is 0.351 e. The SMILES string of the molecule is CC(C)[C@@H](N)C(=O)N[C@@H]1CCN(C)C1. The molecule has 1 fully saturated rings. The number of rotatable bonds is 3. The molecule has 1 aliphatic rings. The zero-order valence-corrected chi connectivity index (χ0v) is 9.29. The Morgan fingerprint density at radius 2 is 2.21 bits per heavy atom. The van der Waals surface area contributed by atoms with Gasteiger partial charge in [-0.25, -0.2) is 0 Å². The molecule has 4 nitrogen and oxygen atoms in total. The zero-order valence-electron chi connectivity index (χ0n) is 9.29. The van der Waals surface area contributed by atoms with Crippen LogP contribution in [0.5, 0.6) is 0 Å². The molecule has 4 heteroatoms. The van der Waals surface area contributed by atoms with Crippen molar-refractivity contribution in [2.75, 3.05) is 20.1 Å². The summed E-state index contributed by atoms with van der Waals surface area (Å²) in [7, 11) is 2.06. The third kappa shape index (κ3) is 2.96. The second-order valence-corrected chi connectivity index (χ2v) is 4.53. The number of hydrogen-bond acceptors (Lipinski definition) is 3. The zero-order chi connectivity index (χ0) is 10.7. The number of carbonyl (C=O) groups is 1. The van der Waals surface area contributed by atoms with E-state index in [0.29, 0.717) is 0 Å². The van der Waals surface area contributed by atoms with Gasteiger partial charge in [-0.2, -0.15) is 0 Å². The van der Waals surface area contributed by atoms with Crippen molar-refractivity contribution in [2.24, 2.45) is 11.7 Å². The summed E-state index contributed by atoms with van der Waals surface area (Å²) >= 11 is 0. The minimum Gasteiger partial charge on any atom is -0.351 e. The van der Waals surface area contributed by atoms with Crippen molar-refractivity contribution in [3.8, 4) is 0 Å². The molecule has 2 atom stereocenters.